The lowest BCUT2D eigenvalue weighted by molar-refractivity contribution is -0.184. The standard InChI is InChI=1S/C30H37N3O6S2/c1-4-12-33(13-5-2)23-9-8-20-14-22(7-6-21(20)15-23)27-11-10-26(40-27)19(3)28(16-31)41(37,38)32-17-25-30(36)29(35)24(34)18-39-25/h6-11,14-15,24-25,29-30,32,34-36H,4-5,12-13,17-18H2,1-3H3/b28-19+/t24-,25+,29+,30+/m0/s1. The molecule has 1 aliphatic heterocycles. The van der Waals surface area contributed by atoms with Crippen LogP contribution in [0.2, 0.25) is 0 Å². The molecule has 0 bridgehead atoms. The van der Waals surface area contributed by atoms with Gasteiger partial charge in [-0.1, -0.05) is 32.0 Å². The first-order chi connectivity index (χ1) is 19.6. The Labute approximate surface area is 245 Å². The molecule has 1 aromatic heterocycles. The largest absolute Gasteiger partial charge is 0.388 e. The number of fused-ring (bicyclic) bond motifs is 1. The number of hydrogen-bond acceptors (Lipinski definition) is 9. The number of benzene rings is 2. The van der Waals surface area contributed by atoms with Gasteiger partial charge in [0.2, 0.25) is 0 Å². The fourth-order valence-electron chi connectivity index (χ4n) is 4.96. The number of nitrogens with one attached hydrogen (secondary N) is 1. The van der Waals surface area contributed by atoms with Gasteiger partial charge in [-0.3, -0.25) is 0 Å². The molecular weight excluding hydrogens is 562 g/mol. The number of aliphatic hydroxyl groups excluding tert-OH is 3. The quantitative estimate of drug-likeness (QED) is 0.244. The first-order valence-corrected chi connectivity index (χ1v) is 16.0. The number of allylic oxidation sites excluding steroid dienone is 2. The third kappa shape index (κ3) is 6.98. The minimum absolute atomic E-state index is 0.241. The second kappa shape index (κ2) is 13.4. The summed E-state index contributed by atoms with van der Waals surface area (Å²) in [6.07, 6.45) is -3.08. The molecule has 4 atom stereocenters. The Morgan fingerprint density at radius 3 is 2.41 bits per heavy atom. The summed E-state index contributed by atoms with van der Waals surface area (Å²) >= 11 is 1.40. The summed E-state index contributed by atoms with van der Waals surface area (Å²) in [5, 5.41) is 41.5. The molecule has 0 spiro atoms. The molecule has 3 aromatic rings. The number of nitriles is 1. The lowest BCUT2D eigenvalue weighted by Gasteiger charge is -2.35. The van der Waals surface area contributed by atoms with Gasteiger partial charge in [0.25, 0.3) is 10.0 Å². The van der Waals surface area contributed by atoms with Crippen LogP contribution in [-0.2, 0) is 14.8 Å². The van der Waals surface area contributed by atoms with Gasteiger partial charge < -0.3 is 25.0 Å². The van der Waals surface area contributed by atoms with E-state index in [1.54, 1.807) is 19.1 Å². The highest BCUT2D eigenvalue weighted by Crippen LogP contribution is 2.35. The van der Waals surface area contributed by atoms with Gasteiger partial charge in [-0.05, 0) is 72.0 Å². The maximum Gasteiger partial charge on any atom is 0.251 e. The molecule has 2 aromatic carbocycles. The summed E-state index contributed by atoms with van der Waals surface area (Å²) in [4.78, 5) is 3.55. The van der Waals surface area contributed by atoms with E-state index >= 15 is 0 Å². The Bertz CT molecular complexity index is 1540. The van der Waals surface area contributed by atoms with E-state index in [0.29, 0.717) is 10.5 Å². The van der Waals surface area contributed by atoms with Crippen LogP contribution in [0.1, 0.15) is 38.5 Å². The normalized spacial score (nSPS) is 21.9. The zero-order valence-corrected chi connectivity index (χ0v) is 25.1. The molecule has 0 saturated carbocycles. The van der Waals surface area contributed by atoms with Crippen molar-refractivity contribution in [2.75, 3.05) is 31.1 Å². The van der Waals surface area contributed by atoms with Crippen molar-refractivity contribution in [1.29, 1.82) is 5.26 Å². The zero-order chi connectivity index (χ0) is 29.7. The number of nitrogens with zero attached hydrogens (tertiary/aromatic N) is 2. The molecule has 1 fully saturated rings. The highest BCUT2D eigenvalue weighted by Gasteiger charge is 2.38. The molecule has 0 aliphatic carbocycles. The third-order valence-electron chi connectivity index (χ3n) is 7.23. The summed E-state index contributed by atoms with van der Waals surface area (Å²) in [7, 11) is -4.24. The van der Waals surface area contributed by atoms with Crippen molar-refractivity contribution in [3.63, 3.8) is 0 Å². The van der Waals surface area contributed by atoms with E-state index < -0.39 is 39.3 Å². The minimum atomic E-state index is -4.24. The van der Waals surface area contributed by atoms with Crippen LogP contribution >= 0.6 is 11.3 Å². The molecule has 11 heteroatoms. The molecular formula is C30H37N3O6S2. The van der Waals surface area contributed by atoms with Gasteiger partial charge >= 0.3 is 0 Å². The minimum Gasteiger partial charge on any atom is -0.388 e. The van der Waals surface area contributed by atoms with Gasteiger partial charge in [-0.2, -0.15) is 5.26 Å². The molecule has 2 heterocycles. The molecule has 220 valence electrons. The summed E-state index contributed by atoms with van der Waals surface area (Å²) in [6.45, 7) is 7.38. The monoisotopic (exact) mass is 599 g/mol. The summed E-state index contributed by atoms with van der Waals surface area (Å²) < 4.78 is 33.6. The highest BCUT2D eigenvalue weighted by atomic mass is 32.2. The second-order valence-electron chi connectivity index (χ2n) is 10.2. The average molecular weight is 600 g/mol. The smallest absolute Gasteiger partial charge is 0.251 e. The number of sulfonamides is 1. The maximum atomic E-state index is 13.0. The van der Waals surface area contributed by atoms with E-state index in [4.69, 9.17) is 4.74 Å². The van der Waals surface area contributed by atoms with Crippen molar-refractivity contribution in [2.24, 2.45) is 0 Å². The predicted molar refractivity (Wildman–Crippen MR) is 163 cm³/mol. The van der Waals surface area contributed by atoms with Gasteiger partial charge in [-0.15, -0.1) is 11.3 Å². The number of ether oxygens (including phenoxy) is 1. The van der Waals surface area contributed by atoms with E-state index in [2.05, 4.69) is 59.9 Å². The number of anilines is 1. The van der Waals surface area contributed by atoms with Crippen LogP contribution < -0.4 is 9.62 Å². The van der Waals surface area contributed by atoms with Gasteiger partial charge in [-0.25, -0.2) is 13.1 Å². The molecule has 0 radical (unpaired) electrons. The van der Waals surface area contributed by atoms with Crippen molar-refractivity contribution < 1.29 is 28.5 Å². The summed E-state index contributed by atoms with van der Waals surface area (Å²) in [5.74, 6) is 0. The molecule has 4 rings (SSSR count). The van der Waals surface area contributed by atoms with E-state index in [1.165, 1.54) is 17.0 Å². The van der Waals surface area contributed by atoms with Crippen LogP contribution in [0.25, 0.3) is 26.8 Å². The van der Waals surface area contributed by atoms with Gasteiger partial charge in [0.1, 0.15) is 24.4 Å². The number of rotatable bonds is 11. The second-order valence-corrected chi connectivity index (χ2v) is 13.0. The molecule has 4 N–H and O–H groups in total. The fraction of sp³-hybridized carbons (Fsp3) is 0.433. The summed E-state index contributed by atoms with van der Waals surface area (Å²) in [5.41, 5.74) is 2.51. The van der Waals surface area contributed by atoms with Crippen molar-refractivity contribution in [3.05, 3.63) is 58.3 Å². The predicted octanol–water partition coefficient (Wildman–Crippen LogP) is 3.85. The van der Waals surface area contributed by atoms with E-state index in [1.807, 2.05) is 6.07 Å². The number of thiophene rings is 1. The SMILES string of the molecule is CCCN(CCC)c1ccc2cc(-c3ccc(/C(C)=C(\C#N)S(=O)(=O)NC[C@H]4OC[C@H](O)[C@@H](O)[C@@H]4O)s3)ccc2c1. The molecule has 41 heavy (non-hydrogen) atoms. The average Bonchev–Trinajstić information content (AvgIpc) is 3.46. The Morgan fingerprint density at radius 1 is 1.05 bits per heavy atom. The van der Waals surface area contributed by atoms with Crippen molar-refractivity contribution in [1.82, 2.24) is 4.72 Å². The first-order valence-electron chi connectivity index (χ1n) is 13.7. The first kappa shape index (κ1) is 31.1. The van der Waals surface area contributed by atoms with Crippen molar-refractivity contribution >= 4 is 43.4 Å². The van der Waals surface area contributed by atoms with Gasteiger partial charge in [0, 0.05) is 35.1 Å². The number of aliphatic hydroxyl groups is 3. The van der Waals surface area contributed by atoms with Gasteiger partial charge in [0.15, 0.2) is 4.91 Å². The molecule has 9 nitrogen and oxygen atoms in total. The van der Waals surface area contributed by atoms with Crippen molar-refractivity contribution in [3.8, 4) is 16.5 Å². The van der Waals surface area contributed by atoms with Crippen LogP contribution in [0.5, 0.6) is 0 Å². The number of hydrogen-bond donors (Lipinski definition) is 4. The highest BCUT2D eigenvalue weighted by molar-refractivity contribution is 7.93. The molecule has 1 saturated heterocycles. The Morgan fingerprint density at radius 2 is 1.73 bits per heavy atom. The third-order valence-corrected chi connectivity index (χ3v) is 9.96. The Balaban J connectivity index is 1.54. The molecule has 0 amide bonds. The lowest BCUT2D eigenvalue weighted by atomic mass is 10.0. The Hall–Kier alpha value is -2.82. The Kier molecular flexibility index (Phi) is 10.2. The van der Waals surface area contributed by atoms with E-state index in [-0.39, 0.29) is 13.2 Å². The zero-order valence-electron chi connectivity index (χ0n) is 23.4. The summed E-state index contributed by atoms with van der Waals surface area (Å²) in [6, 6.07) is 18.3. The topological polar surface area (TPSA) is 143 Å². The van der Waals surface area contributed by atoms with Gasteiger partial charge in [0.05, 0.1) is 12.7 Å². The van der Waals surface area contributed by atoms with Crippen LogP contribution in [0.3, 0.4) is 0 Å². The van der Waals surface area contributed by atoms with E-state index in [0.717, 1.165) is 47.1 Å². The fourth-order valence-corrected chi connectivity index (χ4v) is 7.19. The van der Waals surface area contributed by atoms with E-state index in [9.17, 15) is 29.0 Å². The molecule has 0 unspecified atom stereocenters. The molecule has 1 aliphatic rings. The van der Waals surface area contributed by atoms with Crippen molar-refractivity contribution in [2.45, 2.75) is 58.0 Å². The maximum absolute atomic E-state index is 13.0. The van der Waals surface area contributed by atoms with Crippen LogP contribution in [-0.4, -0.2) is 74.4 Å². The van der Waals surface area contributed by atoms with Crippen LogP contribution in [0, 0.1) is 11.3 Å². The lowest BCUT2D eigenvalue weighted by Crippen LogP contribution is -2.56. The van der Waals surface area contributed by atoms with Crippen LogP contribution in [0.4, 0.5) is 5.69 Å². The van der Waals surface area contributed by atoms with Crippen LogP contribution in [0.15, 0.2) is 53.4 Å².